The molecule has 2 aromatic rings. The lowest BCUT2D eigenvalue weighted by atomic mass is 10.1. The number of guanidine groups is 1. The Morgan fingerprint density at radius 1 is 1.00 bits per heavy atom. The van der Waals surface area contributed by atoms with E-state index in [1.165, 1.54) is 11.1 Å². The molecule has 1 saturated heterocycles. The van der Waals surface area contributed by atoms with Crippen molar-refractivity contribution in [2.24, 2.45) is 4.99 Å². The van der Waals surface area contributed by atoms with Crippen LogP contribution in [0.4, 0.5) is 5.69 Å². The van der Waals surface area contributed by atoms with E-state index in [2.05, 4.69) is 63.1 Å². The lowest BCUT2D eigenvalue weighted by Gasteiger charge is -2.37. The van der Waals surface area contributed by atoms with Crippen LogP contribution in [0.25, 0.3) is 0 Å². The molecule has 0 bridgehead atoms. The summed E-state index contributed by atoms with van der Waals surface area (Å²) in [6, 6.07) is 16.4. The summed E-state index contributed by atoms with van der Waals surface area (Å²) in [6.07, 6.45) is 0. The molecule has 0 aliphatic carbocycles. The van der Waals surface area contributed by atoms with Gasteiger partial charge in [0.25, 0.3) is 0 Å². The van der Waals surface area contributed by atoms with Crippen molar-refractivity contribution in [2.45, 2.75) is 26.9 Å². The summed E-state index contributed by atoms with van der Waals surface area (Å²) in [4.78, 5) is 11.4. The van der Waals surface area contributed by atoms with E-state index in [9.17, 15) is 5.11 Å². The third-order valence-electron chi connectivity index (χ3n) is 5.76. The fraction of sp³-hybridized carbons (Fsp3) is 0.458. The van der Waals surface area contributed by atoms with E-state index >= 15 is 0 Å². The van der Waals surface area contributed by atoms with Crippen LogP contribution in [0.3, 0.4) is 0 Å². The number of aliphatic imine (C=N–C) groups is 1. The molecule has 0 radical (unpaired) electrons. The van der Waals surface area contributed by atoms with Crippen LogP contribution >= 0.6 is 0 Å². The molecule has 1 aliphatic heterocycles. The zero-order valence-electron chi connectivity index (χ0n) is 18.5. The number of hydrogen-bond acceptors (Lipinski definition) is 4. The van der Waals surface area contributed by atoms with Gasteiger partial charge in [0.05, 0.1) is 5.69 Å². The zero-order valence-corrected chi connectivity index (χ0v) is 18.5. The molecule has 0 amide bonds. The summed E-state index contributed by atoms with van der Waals surface area (Å²) in [5, 5.41) is 13.6. The van der Waals surface area contributed by atoms with Crippen LogP contribution in [0.15, 0.2) is 53.5 Å². The van der Waals surface area contributed by atoms with Crippen LogP contribution in [0.1, 0.15) is 25.0 Å². The van der Waals surface area contributed by atoms with Crippen molar-refractivity contribution >= 4 is 11.6 Å². The summed E-state index contributed by atoms with van der Waals surface area (Å²) in [6.45, 7) is 11.8. The summed E-state index contributed by atoms with van der Waals surface area (Å²) < 4.78 is 0. The highest BCUT2D eigenvalue weighted by Gasteiger charge is 2.21. The number of rotatable bonds is 7. The first-order valence-corrected chi connectivity index (χ1v) is 10.9. The molecule has 0 spiro atoms. The minimum atomic E-state index is 0.345. The van der Waals surface area contributed by atoms with Gasteiger partial charge in [0.15, 0.2) is 5.96 Å². The number of benzene rings is 2. The maximum atomic E-state index is 10.1. The van der Waals surface area contributed by atoms with Gasteiger partial charge in [-0.2, -0.15) is 0 Å². The topological polar surface area (TPSA) is 54.3 Å². The molecule has 0 unspecified atom stereocenters. The molecule has 30 heavy (non-hydrogen) atoms. The molecule has 6 heteroatoms. The van der Waals surface area contributed by atoms with Crippen LogP contribution in [-0.2, 0) is 13.1 Å². The normalized spacial score (nSPS) is 15.0. The largest absolute Gasteiger partial charge is 0.506 e. The summed E-state index contributed by atoms with van der Waals surface area (Å²) in [7, 11) is 1.84. The third kappa shape index (κ3) is 5.66. The van der Waals surface area contributed by atoms with E-state index < -0.39 is 0 Å². The van der Waals surface area contributed by atoms with Gasteiger partial charge in [-0.15, -0.1) is 0 Å². The number of nitrogens with one attached hydrogen (secondary N) is 1. The fourth-order valence-electron chi connectivity index (χ4n) is 3.95. The van der Waals surface area contributed by atoms with E-state index in [0.29, 0.717) is 5.75 Å². The fourth-order valence-corrected chi connectivity index (χ4v) is 3.95. The number of para-hydroxylation sites is 2. The van der Waals surface area contributed by atoms with Crippen LogP contribution < -0.4 is 10.2 Å². The molecule has 1 heterocycles. The number of phenols is 1. The highest BCUT2D eigenvalue weighted by Crippen LogP contribution is 2.27. The summed E-state index contributed by atoms with van der Waals surface area (Å²) in [5.74, 6) is 1.28. The SMILES string of the molecule is CCN(CC)Cc1cccc(CNC(=NC)N2CCN(c3ccccc3O)CC2)c1. The predicted octanol–water partition coefficient (Wildman–Crippen LogP) is 3.13. The Hall–Kier alpha value is -2.73. The van der Waals surface area contributed by atoms with E-state index in [1.807, 2.05) is 25.2 Å². The van der Waals surface area contributed by atoms with E-state index in [0.717, 1.165) is 64.0 Å². The minimum Gasteiger partial charge on any atom is -0.506 e. The molecule has 6 nitrogen and oxygen atoms in total. The Morgan fingerprint density at radius 3 is 2.37 bits per heavy atom. The van der Waals surface area contributed by atoms with Gasteiger partial charge in [-0.05, 0) is 36.3 Å². The molecule has 3 rings (SSSR count). The Balaban J connectivity index is 1.54. The smallest absolute Gasteiger partial charge is 0.194 e. The van der Waals surface area contributed by atoms with Crippen LogP contribution in [-0.4, -0.2) is 67.2 Å². The Morgan fingerprint density at radius 2 is 1.70 bits per heavy atom. The molecule has 0 aromatic heterocycles. The van der Waals surface area contributed by atoms with E-state index in [1.54, 1.807) is 6.07 Å². The standard InChI is InChI=1S/C24H35N5O/c1-4-27(5-2)19-21-10-8-9-20(17-21)18-26-24(25-3)29-15-13-28(14-16-29)22-11-6-7-12-23(22)30/h6-12,17,30H,4-5,13-16,18-19H2,1-3H3,(H,25,26). The van der Waals surface area contributed by atoms with Gasteiger partial charge in [-0.25, -0.2) is 0 Å². The van der Waals surface area contributed by atoms with E-state index in [4.69, 9.17) is 0 Å². The number of hydrogen-bond donors (Lipinski definition) is 2. The van der Waals surface area contributed by atoms with Gasteiger partial charge in [0.2, 0.25) is 0 Å². The molecule has 0 saturated carbocycles. The lowest BCUT2D eigenvalue weighted by Crippen LogP contribution is -2.52. The van der Waals surface area contributed by atoms with Crippen LogP contribution in [0, 0.1) is 0 Å². The van der Waals surface area contributed by atoms with Crippen LogP contribution in [0.2, 0.25) is 0 Å². The lowest BCUT2D eigenvalue weighted by molar-refractivity contribution is 0.296. The van der Waals surface area contributed by atoms with Crippen molar-refractivity contribution in [2.75, 3.05) is 51.2 Å². The average molecular weight is 410 g/mol. The van der Waals surface area contributed by atoms with Gasteiger partial charge in [-0.3, -0.25) is 9.89 Å². The maximum absolute atomic E-state index is 10.1. The first-order chi connectivity index (χ1) is 14.6. The van der Waals surface area contributed by atoms with Crippen molar-refractivity contribution in [1.29, 1.82) is 0 Å². The van der Waals surface area contributed by atoms with Gasteiger partial charge in [-0.1, -0.05) is 50.2 Å². The van der Waals surface area contributed by atoms with E-state index in [-0.39, 0.29) is 0 Å². The Bertz CT molecular complexity index is 826. The molecule has 2 aromatic carbocycles. The summed E-state index contributed by atoms with van der Waals surface area (Å²) >= 11 is 0. The van der Waals surface area contributed by atoms with Gasteiger partial charge >= 0.3 is 0 Å². The number of phenolic OH excluding ortho intramolecular Hbond substituents is 1. The molecule has 2 N–H and O–H groups in total. The first kappa shape index (κ1) is 22.0. The Labute approximate surface area is 180 Å². The second kappa shape index (κ2) is 10.9. The zero-order chi connectivity index (χ0) is 21.3. The predicted molar refractivity (Wildman–Crippen MR) is 125 cm³/mol. The quantitative estimate of drug-likeness (QED) is 0.544. The average Bonchev–Trinajstić information content (AvgIpc) is 2.79. The van der Waals surface area contributed by atoms with Crippen LogP contribution in [0.5, 0.6) is 5.75 Å². The second-order valence-corrected chi connectivity index (χ2v) is 7.64. The van der Waals surface area contributed by atoms with Crippen molar-refractivity contribution in [3.63, 3.8) is 0 Å². The highest BCUT2D eigenvalue weighted by molar-refractivity contribution is 5.80. The minimum absolute atomic E-state index is 0.345. The second-order valence-electron chi connectivity index (χ2n) is 7.64. The Kier molecular flexibility index (Phi) is 7.97. The number of piperazine rings is 1. The molecule has 1 fully saturated rings. The number of anilines is 1. The number of nitrogens with zero attached hydrogens (tertiary/aromatic N) is 4. The molecule has 162 valence electrons. The van der Waals surface area contributed by atoms with Crippen molar-refractivity contribution < 1.29 is 5.11 Å². The van der Waals surface area contributed by atoms with Gasteiger partial charge < -0.3 is 20.2 Å². The van der Waals surface area contributed by atoms with Crippen molar-refractivity contribution in [3.8, 4) is 5.75 Å². The van der Waals surface area contributed by atoms with Gasteiger partial charge in [0, 0.05) is 46.3 Å². The van der Waals surface area contributed by atoms with Crippen molar-refractivity contribution in [3.05, 3.63) is 59.7 Å². The monoisotopic (exact) mass is 409 g/mol. The molecule has 0 atom stereocenters. The summed E-state index contributed by atoms with van der Waals surface area (Å²) in [5.41, 5.74) is 3.53. The first-order valence-electron chi connectivity index (χ1n) is 10.9. The molecular formula is C24H35N5O. The molecular weight excluding hydrogens is 374 g/mol. The highest BCUT2D eigenvalue weighted by atomic mass is 16.3. The molecule has 1 aliphatic rings. The third-order valence-corrected chi connectivity index (χ3v) is 5.76. The van der Waals surface area contributed by atoms with Crippen molar-refractivity contribution in [1.82, 2.24) is 15.1 Å². The number of aromatic hydroxyl groups is 1. The maximum Gasteiger partial charge on any atom is 0.194 e. The van der Waals surface area contributed by atoms with Gasteiger partial charge in [0.1, 0.15) is 5.75 Å².